The van der Waals surface area contributed by atoms with Crippen molar-refractivity contribution in [3.05, 3.63) is 23.8 Å². The standard InChI is InChI=1S/C10H14N6O/c1-3-7-8(5-16(2)15-7)13-10(17)9-6(11)4-12-14-9/h4-5H,3,11H2,1-2H3,(H,12,14)(H,13,17). The first-order valence-corrected chi connectivity index (χ1v) is 5.24. The van der Waals surface area contributed by atoms with Gasteiger partial charge in [0.25, 0.3) is 5.91 Å². The summed E-state index contributed by atoms with van der Waals surface area (Å²) in [4.78, 5) is 11.9. The van der Waals surface area contributed by atoms with E-state index in [2.05, 4.69) is 20.6 Å². The fourth-order valence-electron chi connectivity index (χ4n) is 1.56. The quantitative estimate of drug-likeness (QED) is 0.721. The Morgan fingerprint density at radius 2 is 2.41 bits per heavy atom. The molecule has 0 fully saturated rings. The fourth-order valence-corrected chi connectivity index (χ4v) is 1.56. The summed E-state index contributed by atoms with van der Waals surface area (Å²) >= 11 is 0. The highest BCUT2D eigenvalue weighted by atomic mass is 16.2. The topological polar surface area (TPSA) is 102 Å². The van der Waals surface area contributed by atoms with E-state index in [0.717, 1.165) is 12.1 Å². The molecule has 0 aliphatic heterocycles. The summed E-state index contributed by atoms with van der Waals surface area (Å²) < 4.78 is 1.66. The molecule has 0 bridgehead atoms. The van der Waals surface area contributed by atoms with Crippen LogP contribution < -0.4 is 11.1 Å². The van der Waals surface area contributed by atoms with Crippen molar-refractivity contribution in [3.63, 3.8) is 0 Å². The summed E-state index contributed by atoms with van der Waals surface area (Å²) in [5.74, 6) is -0.317. The molecule has 0 unspecified atom stereocenters. The van der Waals surface area contributed by atoms with Crippen LogP contribution in [0.15, 0.2) is 12.4 Å². The van der Waals surface area contributed by atoms with Gasteiger partial charge < -0.3 is 11.1 Å². The van der Waals surface area contributed by atoms with Gasteiger partial charge in [0.2, 0.25) is 0 Å². The number of rotatable bonds is 3. The lowest BCUT2D eigenvalue weighted by atomic mass is 10.3. The van der Waals surface area contributed by atoms with Crippen LogP contribution in [0.2, 0.25) is 0 Å². The first-order chi connectivity index (χ1) is 8.11. The smallest absolute Gasteiger partial charge is 0.275 e. The van der Waals surface area contributed by atoms with Gasteiger partial charge in [-0.1, -0.05) is 6.92 Å². The number of carbonyl (C=O) groups is 1. The van der Waals surface area contributed by atoms with Crippen LogP contribution in [0.4, 0.5) is 11.4 Å². The largest absolute Gasteiger partial charge is 0.396 e. The van der Waals surface area contributed by atoms with Crippen molar-refractivity contribution < 1.29 is 4.79 Å². The number of aromatic nitrogens is 4. The van der Waals surface area contributed by atoms with Gasteiger partial charge in [-0.3, -0.25) is 14.6 Å². The number of hydrogen-bond acceptors (Lipinski definition) is 4. The minimum atomic E-state index is -0.317. The van der Waals surface area contributed by atoms with Crippen LogP contribution in [0.3, 0.4) is 0 Å². The summed E-state index contributed by atoms with van der Waals surface area (Å²) in [5, 5.41) is 13.2. The van der Waals surface area contributed by atoms with Crippen molar-refractivity contribution in [3.8, 4) is 0 Å². The molecule has 17 heavy (non-hydrogen) atoms. The van der Waals surface area contributed by atoms with E-state index < -0.39 is 0 Å². The van der Waals surface area contributed by atoms with Crippen molar-refractivity contribution in [2.45, 2.75) is 13.3 Å². The molecule has 0 aliphatic carbocycles. The average molecular weight is 234 g/mol. The number of nitrogens with one attached hydrogen (secondary N) is 2. The molecular weight excluding hydrogens is 220 g/mol. The molecule has 90 valence electrons. The Bertz CT molecular complexity index is 541. The van der Waals surface area contributed by atoms with Gasteiger partial charge in [-0.15, -0.1) is 0 Å². The molecule has 4 N–H and O–H groups in total. The number of aromatic amines is 1. The molecule has 2 heterocycles. The van der Waals surface area contributed by atoms with E-state index >= 15 is 0 Å². The van der Waals surface area contributed by atoms with E-state index in [4.69, 9.17) is 5.73 Å². The molecule has 7 nitrogen and oxygen atoms in total. The predicted molar refractivity (Wildman–Crippen MR) is 63.5 cm³/mol. The second kappa shape index (κ2) is 4.28. The van der Waals surface area contributed by atoms with Crippen LogP contribution in [0.1, 0.15) is 23.1 Å². The number of nitrogens with zero attached hydrogens (tertiary/aromatic N) is 3. The predicted octanol–water partition coefficient (Wildman–Crippen LogP) is 0.540. The summed E-state index contributed by atoms with van der Waals surface area (Å²) in [5.41, 5.74) is 7.70. The lowest BCUT2D eigenvalue weighted by Crippen LogP contribution is -2.14. The van der Waals surface area contributed by atoms with Crippen LogP contribution in [0.5, 0.6) is 0 Å². The molecule has 2 rings (SSSR count). The SMILES string of the molecule is CCc1nn(C)cc1NC(=O)c1[nH]ncc1N. The van der Waals surface area contributed by atoms with Crippen LogP contribution >= 0.6 is 0 Å². The first-order valence-electron chi connectivity index (χ1n) is 5.24. The van der Waals surface area contributed by atoms with Crippen LogP contribution in [0.25, 0.3) is 0 Å². The molecule has 0 atom stereocenters. The van der Waals surface area contributed by atoms with Gasteiger partial charge in [0.15, 0.2) is 0 Å². The summed E-state index contributed by atoms with van der Waals surface area (Å²) in [6.45, 7) is 1.97. The Morgan fingerprint density at radius 1 is 1.65 bits per heavy atom. The van der Waals surface area contributed by atoms with Crippen molar-refractivity contribution in [2.75, 3.05) is 11.1 Å². The van der Waals surface area contributed by atoms with Crippen LogP contribution in [-0.4, -0.2) is 25.9 Å². The second-order valence-electron chi connectivity index (χ2n) is 3.67. The maximum atomic E-state index is 11.9. The van der Waals surface area contributed by atoms with Crippen molar-refractivity contribution in [1.82, 2.24) is 20.0 Å². The third-order valence-corrected chi connectivity index (χ3v) is 2.38. The van der Waals surface area contributed by atoms with Crippen molar-refractivity contribution >= 4 is 17.3 Å². The molecule has 2 aromatic rings. The lowest BCUT2D eigenvalue weighted by molar-refractivity contribution is 0.102. The molecule has 1 amide bonds. The zero-order chi connectivity index (χ0) is 12.4. The molecule has 0 aromatic carbocycles. The number of nitrogen functional groups attached to an aromatic ring is 1. The van der Waals surface area contributed by atoms with Gasteiger partial charge in [0.1, 0.15) is 5.69 Å². The van der Waals surface area contributed by atoms with Gasteiger partial charge in [-0.05, 0) is 6.42 Å². The highest BCUT2D eigenvalue weighted by Crippen LogP contribution is 2.16. The molecular formula is C10H14N6O. The van der Waals surface area contributed by atoms with E-state index in [0.29, 0.717) is 11.4 Å². The molecule has 0 radical (unpaired) electrons. The number of anilines is 2. The van der Waals surface area contributed by atoms with E-state index in [1.165, 1.54) is 6.20 Å². The number of amides is 1. The maximum Gasteiger partial charge on any atom is 0.275 e. The van der Waals surface area contributed by atoms with Gasteiger partial charge in [-0.2, -0.15) is 10.2 Å². The van der Waals surface area contributed by atoms with Crippen LogP contribution in [-0.2, 0) is 13.5 Å². The molecule has 7 heteroatoms. The Balaban J connectivity index is 2.21. The number of carbonyl (C=O) groups excluding carboxylic acids is 1. The van der Waals surface area contributed by atoms with Gasteiger partial charge >= 0.3 is 0 Å². The van der Waals surface area contributed by atoms with E-state index in [9.17, 15) is 4.79 Å². The van der Waals surface area contributed by atoms with Crippen molar-refractivity contribution in [2.24, 2.45) is 7.05 Å². The molecule has 0 spiro atoms. The number of nitrogens with two attached hydrogens (primary N) is 1. The monoisotopic (exact) mass is 234 g/mol. The number of aryl methyl sites for hydroxylation is 2. The Hall–Kier alpha value is -2.31. The molecule has 0 aliphatic rings. The zero-order valence-corrected chi connectivity index (χ0v) is 9.69. The van der Waals surface area contributed by atoms with E-state index in [1.807, 2.05) is 6.92 Å². The van der Waals surface area contributed by atoms with Gasteiger partial charge in [0, 0.05) is 13.2 Å². The third kappa shape index (κ3) is 2.12. The van der Waals surface area contributed by atoms with Crippen molar-refractivity contribution in [1.29, 1.82) is 0 Å². The second-order valence-corrected chi connectivity index (χ2v) is 3.67. The third-order valence-electron chi connectivity index (χ3n) is 2.38. The molecule has 0 saturated heterocycles. The Labute approximate surface area is 98.0 Å². The number of hydrogen-bond donors (Lipinski definition) is 3. The first kappa shape index (κ1) is 11.2. The zero-order valence-electron chi connectivity index (χ0n) is 9.69. The van der Waals surface area contributed by atoms with Gasteiger partial charge in [0.05, 0.1) is 23.3 Å². The van der Waals surface area contributed by atoms with E-state index in [1.54, 1.807) is 17.9 Å². The molecule has 2 aromatic heterocycles. The van der Waals surface area contributed by atoms with E-state index in [-0.39, 0.29) is 11.6 Å². The minimum Gasteiger partial charge on any atom is -0.396 e. The minimum absolute atomic E-state index is 0.260. The van der Waals surface area contributed by atoms with Crippen LogP contribution in [0, 0.1) is 0 Å². The highest BCUT2D eigenvalue weighted by molar-refractivity contribution is 6.06. The summed E-state index contributed by atoms with van der Waals surface area (Å²) in [6.07, 6.45) is 3.90. The summed E-state index contributed by atoms with van der Waals surface area (Å²) in [6, 6.07) is 0. The normalized spacial score (nSPS) is 10.5. The fraction of sp³-hybridized carbons (Fsp3) is 0.300. The highest BCUT2D eigenvalue weighted by Gasteiger charge is 2.14. The van der Waals surface area contributed by atoms with Gasteiger partial charge in [-0.25, -0.2) is 0 Å². The Kier molecular flexibility index (Phi) is 2.82. The average Bonchev–Trinajstić information content (AvgIpc) is 2.84. The Morgan fingerprint density at radius 3 is 3.00 bits per heavy atom. The summed E-state index contributed by atoms with van der Waals surface area (Å²) in [7, 11) is 1.80. The lowest BCUT2D eigenvalue weighted by Gasteiger charge is -2.02. The number of H-pyrrole nitrogens is 1. The maximum absolute atomic E-state index is 11.9. The molecule has 0 saturated carbocycles.